The zero-order valence-electron chi connectivity index (χ0n) is 11.4. The highest BCUT2D eigenvalue weighted by Gasteiger charge is 2.12. The molecule has 3 heteroatoms. The van der Waals surface area contributed by atoms with Crippen LogP contribution in [0.2, 0.25) is 0 Å². The Morgan fingerprint density at radius 3 is 2.63 bits per heavy atom. The molecular weight excluding hydrogens is 234 g/mol. The van der Waals surface area contributed by atoms with Crippen LogP contribution in [0.5, 0.6) is 0 Å². The maximum Gasteiger partial charge on any atom is 0.137 e. The van der Waals surface area contributed by atoms with Crippen LogP contribution in [0.15, 0.2) is 36.5 Å². The SMILES string of the molecule is Cc1ccc(C)c(-c2nc3ccc(N)cn3c2C)c1. The standard InChI is InChI=1S/C16H17N3/c1-10-4-5-11(2)14(8-10)16-12(3)19-9-13(17)6-7-15(19)18-16/h4-9H,17H2,1-3H3. The van der Waals surface area contributed by atoms with Crippen molar-refractivity contribution < 1.29 is 0 Å². The molecule has 3 aromatic rings. The number of hydrogen-bond donors (Lipinski definition) is 1. The van der Waals surface area contributed by atoms with Crippen LogP contribution >= 0.6 is 0 Å². The van der Waals surface area contributed by atoms with Gasteiger partial charge in [-0.15, -0.1) is 0 Å². The lowest BCUT2D eigenvalue weighted by atomic mass is 10.0. The lowest BCUT2D eigenvalue weighted by Crippen LogP contribution is -1.92. The lowest BCUT2D eigenvalue weighted by molar-refractivity contribution is 1.11. The molecule has 0 atom stereocenters. The monoisotopic (exact) mass is 251 g/mol. The number of nitrogens with two attached hydrogens (primary N) is 1. The van der Waals surface area contributed by atoms with Gasteiger partial charge in [-0.3, -0.25) is 0 Å². The number of imidazole rings is 1. The van der Waals surface area contributed by atoms with E-state index in [2.05, 4.69) is 39.0 Å². The Morgan fingerprint density at radius 2 is 1.84 bits per heavy atom. The summed E-state index contributed by atoms with van der Waals surface area (Å²) in [5.41, 5.74) is 13.4. The number of pyridine rings is 1. The van der Waals surface area contributed by atoms with Crippen molar-refractivity contribution in [3.8, 4) is 11.3 Å². The first-order valence-electron chi connectivity index (χ1n) is 6.38. The molecule has 19 heavy (non-hydrogen) atoms. The highest BCUT2D eigenvalue weighted by atomic mass is 15.0. The van der Waals surface area contributed by atoms with Crippen molar-refractivity contribution in [2.45, 2.75) is 20.8 Å². The normalized spacial score (nSPS) is 11.1. The van der Waals surface area contributed by atoms with E-state index < -0.39 is 0 Å². The maximum atomic E-state index is 5.85. The molecule has 0 amide bonds. The second-order valence-electron chi connectivity index (χ2n) is 5.05. The van der Waals surface area contributed by atoms with Crippen molar-refractivity contribution in [3.63, 3.8) is 0 Å². The van der Waals surface area contributed by atoms with Crippen LogP contribution in [0.4, 0.5) is 5.69 Å². The van der Waals surface area contributed by atoms with Crippen molar-refractivity contribution in [2.75, 3.05) is 5.73 Å². The molecule has 0 saturated heterocycles. The molecule has 0 radical (unpaired) electrons. The average molecular weight is 251 g/mol. The first kappa shape index (κ1) is 11.8. The molecule has 0 saturated carbocycles. The lowest BCUT2D eigenvalue weighted by Gasteiger charge is -2.05. The van der Waals surface area contributed by atoms with Gasteiger partial charge in [0, 0.05) is 23.1 Å². The minimum Gasteiger partial charge on any atom is -0.398 e. The van der Waals surface area contributed by atoms with Crippen molar-refractivity contribution >= 4 is 11.3 Å². The number of rotatable bonds is 1. The van der Waals surface area contributed by atoms with E-state index in [1.54, 1.807) is 0 Å². The molecule has 0 unspecified atom stereocenters. The molecular formula is C16H17N3. The smallest absolute Gasteiger partial charge is 0.137 e. The third kappa shape index (κ3) is 1.87. The molecule has 0 aliphatic carbocycles. The summed E-state index contributed by atoms with van der Waals surface area (Å²) in [6.45, 7) is 6.30. The van der Waals surface area contributed by atoms with Crippen LogP contribution in [-0.4, -0.2) is 9.38 Å². The van der Waals surface area contributed by atoms with Crippen LogP contribution in [0.25, 0.3) is 16.9 Å². The van der Waals surface area contributed by atoms with Gasteiger partial charge < -0.3 is 10.1 Å². The zero-order valence-corrected chi connectivity index (χ0v) is 11.4. The van der Waals surface area contributed by atoms with Gasteiger partial charge in [-0.1, -0.05) is 17.7 Å². The molecule has 0 aliphatic rings. The molecule has 96 valence electrons. The van der Waals surface area contributed by atoms with Gasteiger partial charge in [0.05, 0.1) is 5.69 Å². The zero-order chi connectivity index (χ0) is 13.6. The van der Waals surface area contributed by atoms with Gasteiger partial charge in [-0.05, 0) is 44.5 Å². The highest BCUT2D eigenvalue weighted by molar-refractivity contribution is 5.70. The summed E-state index contributed by atoms with van der Waals surface area (Å²) in [7, 11) is 0. The second-order valence-corrected chi connectivity index (χ2v) is 5.05. The quantitative estimate of drug-likeness (QED) is 0.719. The summed E-state index contributed by atoms with van der Waals surface area (Å²) in [4.78, 5) is 4.73. The average Bonchev–Trinajstić information content (AvgIpc) is 2.70. The third-order valence-corrected chi connectivity index (χ3v) is 3.53. The molecule has 0 spiro atoms. The Hall–Kier alpha value is -2.29. The van der Waals surface area contributed by atoms with E-state index >= 15 is 0 Å². The van der Waals surface area contributed by atoms with Crippen molar-refractivity contribution in [3.05, 3.63) is 53.3 Å². The second kappa shape index (κ2) is 4.12. The Balaban J connectivity index is 2.31. The molecule has 0 aliphatic heterocycles. The van der Waals surface area contributed by atoms with E-state index in [-0.39, 0.29) is 0 Å². The molecule has 2 N–H and O–H groups in total. The molecule has 3 nitrogen and oxygen atoms in total. The first-order chi connectivity index (χ1) is 9.06. The van der Waals surface area contributed by atoms with Crippen LogP contribution < -0.4 is 5.73 Å². The Labute approximate surface area is 112 Å². The van der Waals surface area contributed by atoms with Gasteiger partial charge >= 0.3 is 0 Å². The molecule has 2 aromatic heterocycles. The largest absolute Gasteiger partial charge is 0.398 e. The van der Waals surface area contributed by atoms with E-state index in [1.165, 1.54) is 16.7 Å². The Kier molecular flexibility index (Phi) is 2.56. The van der Waals surface area contributed by atoms with Crippen LogP contribution in [0.1, 0.15) is 16.8 Å². The summed E-state index contributed by atoms with van der Waals surface area (Å²) < 4.78 is 2.05. The number of fused-ring (bicyclic) bond motifs is 1. The number of aryl methyl sites for hydroxylation is 3. The summed E-state index contributed by atoms with van der Waals surface area (Å²) in [5, 5.41) is 0. The Morgan fingerprint density at radius 1 is 1.05 bits per heavy atom. The van der Waals surface area contributed by atoms with E-state index in [1.807, 2.05) is 22.7 Å². The third-order valence-electron chi connectivity index (χ3n) is 3.53. The number of anilines is 1. The van der Waals surface area contributed by atoms with Gasteiger partial charge in [-0.25, -0.2) is 4.98 Å². The van der Waals surface area contributed by atoms with E-state index in [9.17, 15) is 0 Å². The van der Waals surface area contributed by atoms with Gasteiger partial charge in [0.15, 0.2) is 0 Å². The predicted molar refractivity (Wildman–Crippen MR) is 79.3 cm³/mol. The van der Waals surface area contributed by atoms with E-state index in [0.717, 1.165) is 22.7 Å². The van der Waals surface area contributed by atoms with E-state index in [0.29, 0.717) is 0 Å². The summed E-state index contributed by atoms with van der Waals surface area (Å²) in [6, 6.07) is 10.3. The summed E-state index contributed by atoms with van der Waals surface area (Å²) in [5.74, 6) is 0. The minimum absolute atomic E-state index is 0.750. The van der Waals surface area contributed by atoms with Crippen LogP contribution in [0.3, 0.4) is 0 Å². The van der Waals surface area contributed by atoms with Gasteiger partial charge in [0.2, 0.25) is 0 Å². The Bertz CT molecular complexity index is 769. The van der Waals surface area contributed by atoms with Crippen LogP contribution in [0, 0.1) is 20.8 Å². The van der Waals surface area contributed by atoms with Gasteiger partial charge in [0.25, 0.3) is 0 Å². The highest BCUT2D eigenvalue weighted by Crippen LogP contribution is 2.28. The minimum atomic E-state index is 0.750. The number of nitrogens with zero attached hydrogens (tertiary/aromatic N) is 2. The fourth-order valence-corrected chi connectivity index (χ4v) is 2.42. The molecule has 1 aromatic carbocycles. The van der Waals surface area contributed by atoms with Gasteiger partial charge in [0.1, 0.15) is 5.65 Å². The predicted octanol–water partition coefficient (Wildman–Crippen LogP) is 3.51. The molecule has 0 bridgehead atoms. The van der Waals surface area contributed by atoms with E-state index in [4.69, 9.17) is 10.7 Å². The number of hydrogen-bond acceptors (Lipinski definition) is 2. The number of benzene rings is 1. The van der Waals surface area contributed by atoms with Crippen molar-refractivity contribution in [2.24, 2.45) is 0 Å². The fraction of sp³-hybridized carbons (Fsp3) is 0.188. The fourth-order valence-electron chi connectivity index (χ4n) is 2.42. The number of nitrogen functional groups attached to an aromatic ring is 1. The van der Waals surface area contributed by atoms with Crippen molar-refractivity contribution in [1.82, 2.24) is 9.38 Å². The summed E-state index contributed by atoms with van der Waals surface area (Å²) in [6.07, 6.45) is 1.92. The molecule has 2 heterocycles. The molecule has 3 rings (SSSR count). The van der Waals surface area contributed by atoms with Crippen LogP contribution in [-0.2, 0) is 0 Å². The topological polar surface area (TPSA) is 43.3 Å². The number of aromatic nitrogens is 2. The first-order valence-corrected chi connectivity index (χ1v) is 6.38. The molecule has 0 fully saturated rings. The van der Waals surface area contributed by atoms with Gasteiger partial charge in [-0.2, -0.15) is 0 Å². The van der Waals surface area contributed by atoms with Crippen molar-refractivity contribution in [1.29, 1.82) is 0 Å². The summed E-state index contributed by atoms with van der Waals surface area (Å²) >= 11 is 0. The maximum absolute atomic E-state index is 5.85.